The molecule has 0 saturated carbocycles. The number of hydrogen-bond donors (Lipinski definition) is 2. The quantitative estimate of drug-likeness (QED) is 0.850. The van der Waals surface area contributed by atoms with Crippen LogP contribution in [0.5, 0.6) is 0 Å². The van der Waals surface area contributed by atoms with E-state index in [9.17, 15) is 9.00 Å². The Hall–Kier alpha value is -1.85. The standard InChI is InChI=1S/C14H13ClN2O2S/c15-11-4-5-12(16)13(7-11)20(19)8-9-2-1-3-10(6-9)14(17)18/h1-7H,8,16H2,(H2,17,18). The molecule has 1 amide bonds. The highest BCUT2D eigenvalue weighted by molar-refractivity contribution is 7.84. The summed E-state index contributed by atoms with van der Waals surface area (Å²) in [5.41, 5.74) is 12.6. The van der Waals surface area contributed by atoms with Crippen molar-refractivity contribution in [3.05, 3.63) is 58.6 Å². The van der Waals surface area contributed by atoms with Gasteiger partial charge in [0.2, 0.25) is 5.91 Å². The molecule has 0 saturated heterocycles. The molecule has 2 aromatic carbocycles. The first-order valence-electron chi connectivity index (χ1n) is 5.79. The minimum atomic E-state index is -1.34. The first kappa shape index (κ1) is 14.6. The van der Waals surface area contributed by atoms with Gasteiger partial charge in [-0.1, -0.05) is 23.7 Å². The van der Waals surface area contributed by atoms with E-state index in [1.54, 1.807) is 42.5 Å². The van der Waals surface area contributed by atoms with Gasteiger partial charge in [-0.05, 0) is 35.9 Å². The van der Waals surface area contributed by atoms with Crippen LogP contribution in [0.3, 0.4) is 0 Å². The number of halogens is 1. The second-order valence-electron chi connectivity index (χ2n) is 4.24. The summed E-state index contributed by atoms with van der Waals surface area (Å²) in [4.78, 5) is 11.6. The molecule has 2 rings (SSSR count). The Labute approximate surface area is 124 Å². The molecular formula is C14H13ClN2O2S. The number of rotatable bonds is 4. The van der Waals surface area contributed by atoms with Crippen LogP contribution in [0.1, 0.15) is 15.9 Å². The third kappa shape index (κ3) is 3.37. The number of anilines is 1. The van der Waals surface area contributed by atoms with Crippen molar-refractivity contribution in [1.82, 2.24) is 0 Å². The average Bonchev–Trinajstić information content (AvgIpc) is 2.41. The number of primary amides is 1. The second-order valence-corrected chi connectivity index (χ2v) is 6.09. The summed E-state index contributed by atoms with van der Waals surface area (Å²) in [6, 6.07) is 11.6. The summed E-state index contributed by atoms with van der Waals surface area (Å²) in [6.45, 7) is 0. The molecule has 0 aliphatic rings. The van der Waals surface area contributed by atoms with Crippen LogP contribution in [-0.2, 0) is 16.6 Å². The molecule has 0 fully saturated rings. The zero-order valence-corrected chi connectivity index (χ0v) is 12.1. The molecule has 2 aromatic rings. The van der Waals surface area contributed by atoms with Gasteiger partial charge in [-0.15, -0.1) is 0 Å². The minimum Gasteiger partial charge on any atom is -0.398 e. The van der Waals surface area contributed by atoms with E-state index >= 15 is 0 Å². The van der Waals surface area contributed by atoms with E-state index < -0.39 is 16.7 Å². The van der Waals surface area contributed by atoms with Crippen LogP contribution in [0.2, 0.25) is 5.02 Å². The molecule has 4 N–H and O–H groups in total. The van der Waals surface area contributed by atoms with E-state index in [1.165, 1.54) is 0 Å². The van der Waals surface area contributed by atoms with Gasteiger partial charge < -0.3 is 11.5 Å². The van der Waals surface area contributed by atoms with Gasteiger partial charge in [-0.3, -0.25) is 9.00 Å². The molecule has 0 bridgehead atoms. The summed E-state index contributed by atoms with van der Waals surface area (Å²) < 4.78 is 12.3. The van der Waals surface area contributed by atoms with Gasteiger partial charge in [0, 0.05) is 16.3 Å². The Morgan fingerprint density at radius 2 is 1.95 bits per heavy atom. The van der Waals surface area contributed by atoms with Gasteiger partial charge in [0.05, 0.1) is 21.4 Å². The first-order chi connectivity index (χ1) is 9.47. The number of hydrogen-bond acceptors (Lipinski definition) is 3. The molecule has 6 heteroatoms. The van der Waals surface area contributed by atoms with Crippen LogP contribution >= 0.6 is 11.6 Å². The van der Waals surface area contributed by atoms with Crippen LogP contribution < -0.4 is 11.5 Å². The van der Waals surface area contributed by atoms with Crippen molar-refractivity contribution >= 4 is 34.0 Å². The van der Waals surface area contributed by atoms with Crippen molar-refractivity contribution in [3.8, 4) is 0 Å². The monoisotopic (exact) mass is 308 g/mol. The second kappa shape index (κ2) is 6.07. The largest absolute Gasteiger partial charge is 0.398 e. The summed E-state index contributed by atoms with van der Waals surface area (Å²) in [5, 5.41) is 0.480. The van der Waals surface area contributed by atoms with Gasteiger partial charge >= 0.3 is 0 Å². The number of carbonyl (C=O) groups excluding carboxylic acids is 1. The lowest BCUT2D eigenvalue weighted by atomic mass is 10.1. The Bertz CT molecular complexity index is 689. The Morgan fingerprint density at radius 3 is 2.65 bits per heavy atom. The van der Waals surface area contributed by atoms with Crippen molar-refractivity contribution in [1.29, 1.82) is 0 Å². The van der Waals surface area contributed by atoms with Crippen LogP contribution in [0.25, 0.3) is 0 Å². The lowest BCUT2D eigenvalue weighted by Crippen LogP contribution is -2.11. The molecule has 1 unspecified atom stereocenters. The zero-order valence-electron chi connectivity index (χ0n) is 10.5. The molecule has 0 aromatic heterocycles. The maximum Gasteiger partial charge on any atom is 0.248 e. The minimum absolute atomic E-state index is 0.242. The van der Waals surface area contributed by atoms with E-state index in [2.05, 4.69) is 0 Å². The summed E-state index contributed by atoms with van der Waals surface area (Å²) in [7, 11) is -1.34. The molecule has 0 heterocycles. The van der Waals surface area contributed by atoms with Crippen molar-refractivity contribution in [2.75, 3.05) is 5.73 Å². The topological polar surface area (TPSA) is 86.2 Å². The van der Waals surface area contributed by atoms with Crippen molar-refractivity contribution in [2.24, 2.45) is 5.73 Å². The molecule has 0 aliphatic heterocycles. The molecule has 20 heavy (non-hydrogen) atoms. The van der Waals surface area contributed by atoms with Gasteiger partial charge in [-0.2, -0.15) is 0 Å². The van der Waals surface area contributed by atoms with Gasteiger partial charge in [0.25, 0.3) is 0 Å². The van der Waals surface area contributed by atoms with E-state index in [1.807, 2.05) is 0 Å². The smallest absolute Gasteiger partial charge is 0.248 e. The number of benzene rings is 2. The fourth-order valence-corrected chi connectivity index (χ4v) is 3.21. The van der Waals surface area contributed by atoms with Crippen LogP contribution in [-0.4, -0.2) is 10.1 Å². The zero-order chi connectivity index (χ0) is 14.7. The maximum atomic E-state index is 12.3. The number of carbonyl (C=O) groups is 1. The fraction of sp³-hybridized carbons (Fsp3) is 0.0714. The van der Waals surface area contributed by atoms with Crippen molar-refractivity contribution in [2.45, 2.75) is 10.6 Å². The summed E-state index contributed by atoms with van der Waals surface area (Å²) in [6.07, 6.45) is 0. The predicted molar refractivity (Wildman–Crippen MR) is 80.9 cm³/mol. The molecule has 4 nitrogen and oxygen atoms in total. The molecule has 0 spiro atoms. The molecule has 0 aliphatic carbocycles. The Kier molecular flexibility index (Phi) is 4.42. The molecule has 104 valence electrons. The van der Waals surface area contributed by atoms with Crippen molar-refractivity contribution < 1.29 is 9.00 Å². The number of nitrogen functional groups attached to an aromatic ring is 1. The van der Waals surface area contributed by atoms with Gasteiger partial charge in [0.15, 0.2) is 0 Å². The summed E-state index contributed by atoms with van der Waals surface area (Å²) >= 11 is 5.88. The highest BCUT2D eigenvalue weighted by atomic mass is 35.5. The number of amides is 1. The van der Waals surface area contributed by atoms with Crippen LogP contribution in [0.4, 0.5) is 5.69 Å². The van der Waals surface area contributed by atoms with E-state index in [0.717, 1.165) is 5.56 Å². The third-order valence-electron chi connectivity index (χ3n) is 2.73. The average molecular weight is 309 g/mol. The normalized spacial score (nSPS) is 12.1. The fourth-order valence-electron chi connectivity index (χ4n) is 1.75. The van der Waals surface area contributed by atoms with E-state index in [4.69, 9.17) is 23.1 Å². The molecule has 1 atom stereocenters. The van der Waals surface area contributed by atoms with Gasteiger partial charge in [0.1, 0.15) is 0 Å². The highest BCUT2D eigenvalue weighted by Gasteiger charge is 2.11. The summed E-state index contributed by atoms with van der Waals surface area (Å²) in [5.74, 6) is -0.272. The van der Waals surface area contributed by atoms with E-state index in [0.29, 0.717) is 21.2 Å². The van der Waals surface area contributed by atoms with Gasteiger partial charge in [-0.25, -0.2) is 0 Å². The highest BCUT2D eigenvalue weighted by Crippen LogP contribution is 2.23. The van der Waals surface area contributed by atoms with Crippen molar-refractivity contribution in [3.63, 3.8) is 0 Å². The van der Waals surface area contributed by atoms with E-state index in [-0.39, 0.29) is 5.75 Å². The number of nitrogens with two attached hydrogens (primary N) is 2. The van der Waals surface area contributed by atoms with Crippen LogP contribution in [0.15, 0.2) is 47.4 Å². The Morgan fingerprint density at radius 1 is 1.20 bits per heavy atom. The molecule has 0 radical (unpaired) electrons. The Balaban J connectivity index is 2.25. The maximum absolute atomic E-state index is 12.3. The molecular weight excluding hydrogens is 296 g/mol. The van der Waals surface area contributed by atoms with Crippen LogP contribution in [0, 0.1) is 0 Å². The predicted octanol–water partition coefficient (Wildman–Crippen LogP) is 2.33. The lowest BCUT2D eigenvalue weighted by Gasteiger charge is -2.07. The third-order valence-corrected chi connectivity index (χ3v) is 4.40. The first-order valence-corrected chi connectivity index (χ1v) is 7.49. The SMILES string of the molecule is NC(=O)c1cccc(CS(=O)c2cc(Cl)ccc2N)c1. The lowest BCUT2D eigenvalue weighted by molar-refractivity contribution is 0.1000.